The minimum Gasteiger partial charge on any atom is -0.490 e. The fourth-order valence-electron chi connectivity index (χ4n) is 2.35. The molecule has 0 saturated heterocycles. The number of carbonyl (C=O) groups is 1. The minimum absolute atomic E-state index is 0.0430. The Morgan fingerprint density at radius 1 is 1.30 bits per heavy atom. The fourth-order valence-corrected chi connectivity index (χ4v) is 2.35. The SMILES string of the molecule is Cc1nn(C)c(C)c1-c1ccc(OC(C)C)c(C=O)c1. The van der Waals surface area contributed by atoms with Crippen molar-refractivity contribution in [3.05, 3.63) is 35.2 Å². The third-order valence-electron chi connectivity index (χ3n) is 3.30. The van der Waals surface area contributed by atoms with Gasteiger partial charge in [0.15, 0.2) is 6.29 Å². The fraction of sp³-hybridized carbons (Fsp3) is 0.375. The van der Waals surface area contributed by atoms with E-state index < -0.39 is 0 Å². The van der Waals surface area contributed by atoms with Crippen LogP contribution in [0.5, 0.6) is 5.75 Å². The van der Waals surface area contributed by atoms with Gasteiger partial charge in [0.2, 0.25) is 0 Å². The van der Waals surface area contributed by atoms with Gasteiger partial charge in [0.05, 0.1) is 17.4 Å². The Morgan fingerprint density at radius 2 is 2.00 bits per heavy atom. The van der Waals surface area contributed by atoms with Crippen LogP contribution in [-0.4, -0.2) is 22.2 Å². The lowest BCUT2D eigenvalue weighted by Gasteiger charge is -2.13. The molecule has 0 radical (unpaired) electrons. The van der Waals surface area contributed by atoms with Gasteiger partial charge in [-0.1, -0.05) is 6.07 Å². The van der Waals surface area contributed by atoms with Crippen molar-refractivity contribution in [1.29, 1.82) is 0 Å². The zero-order chi connectivity index (χ0) is 14.9. The maximum atomic E-state index is 11.3. The Labute approximate surface area is 119 Å². The number of aryl methyl sites for hydroxylation is 2. The number of hydrogen-bond donors (Lipinski definition) is 0. The Hall–Kier alpha value is -2.10. The number of benzene rings is 1. The van der Waals surface area contributed by atoms with Crippen LogP contribution in [0.4, 0.5) is 0 Å². The summed E-state index contributed by atoms with van der Waals surface area (Å²) in [6.07, 6.45) is 0.879. The van der Waals surface area contributed by atoms with Crippen LogP contribution in [-0.2, 0) is 7.05 Å². The van der Waals surface area contributed by atoms with Crippen LogP contribution in [0.3, 0.4) is 0 Å². The second-order valence-corrected chi connectivity index (χ2v) is 5.21. The maximum absolute atomic E-state index is 11.3. The van der Waals surface area contributed by atoms with E-state index in [0.717, 1.165) is 28.8 Å². The molecular formula is C16H20N2O2. The molecule has 0 N–H and O–H groups in total. The number of aromatic nitrogens is 2. The molecule has 0 bridgehead atoms. The van der Waals surface area contributed by atoms with E-state index in [2.05, 4.69) is 5.10 Å². The Bertz CT molecular complexity index is 642. The Kier molecular flexibility index (Phi) is 3.93. The van der Waals surface area contributed by atoms with Gasteiger partial charge in [-0.05, 0) is 45.4 Å². The molecule has 2 aromatic rings. The highest BCUT2D eigenvalue weighted by molar-refractivity contribution is 5.83. The third-order valence-corrected chi connectivity index (χ3v) is 3.30. The smallest absolute Gasteiger partial charge is 0.153 e. The molecular weight excluding hydrogens is 252 g/mol. The van der Waals surface area contributed by atoms with Crippen LogP contribution < -0.4 is 4.74 Å². The van der Waals surface area contributed by atoms with Crippen LogP contribution in [0.1, 0.15) is 35.6 Å². The number of aldehydes is 1. The molecule has 1 heterocycles. The lowest BCUT2D eigenvalue weighted by atomic mass is 10.0. The first kappa shape index (κ1) is 14.3. The van der Waals surface area contributed by atoms with Gasteiger partial charge in [-0.15, -0.1) is 0 Å². The van der Waals surface area contributed by atoms with Crippen LogP contribution in [0, 0.1) is 13.8 Å². The van der Waals surface area contributed by atoms with E-state index in [9.17, 15) is 4.79 Å². The molecule has 1 aromatic carbocycles. The van der Waals surface area contributed by atoms with E-state index in [1.807, 2.05) is 57.6 Å². The van der Waals surface area contributed by atoms with Gasteiger partial charge in [0.1, 0.15) is 5.75 Å². The van der Waals surface area contributed by atoms with Gasteiger partial charge in [-0.25, -0.2) is 0 Å². The first-order valence-electron chi connectivity index (χ1n) is 6.70. The molecule has 0 fully saturated rings. The van der Waals surface area contributed by atoms with Gasteiger partial charge >= 0.3 is 0 Å². The van der Waals surface area contributed by atoms with Crippen LogP contribution in [0.15, 0.2) is 18.2 Å². The highest BCUT2D eigenvalue weighted by Crippen LogP contribution is 2.30. The molecule has 0 atom stereocenters. The summed E-state index contributed by atoms with van der Waals surface area (Å²) >= 11 is 0. The predicted molar refractivity (Wildman–Crippen MR) is 79.3 cm³/mol. The minimum atomic E-state index is 0.0430. The number of rotatable bonds is 4. The average Bonchev–Trinajstić information content (AvgIpc) is 2.63. The first-order valence-corrected chi connectivity index (χ1v) is 6.70. The Morgan fingerprint density at radius 3 is 2.50 bits per heavy atom. The third kappa shape index (κ3) is 2.59. The second kappa shape index (κ2) is 5.49. The molecule has 4 nitrogen and oxygen atoms in total. The average molecular weight is 272 g/mol. The van der Waals surface area contributed by atoms with Crippen molar-refractivity contribution in [2.45, 2.75) is 33.8 Å². The number of nitrogens with zero attached hydrogens (tertiary/aromatic N) is 2. The predicted octanol–water partition coefficient (Wildman–Crippen LogP) is 3.30. The second-order valence-electron chi connectivity index (χ2n) is 5.21. The summed E-state index contributed by atoms with van der Waals surface area (Å²) in [6, 6.07) is 5.69. The molecule has 1 aromatic heterocycles. The summed E-state index contributed by atoms with van der Waals surface area (Å²) in [7, 11) is 1.92. The molecule has 0 saturated carbocycles. The number of carbonyl (C=O) groups excluding carboxylic acids is 1. The maximum Gasteiger partial charge on any atom is 0.153 e. The lowest BCUT2D eigenvalue weighted by Crippen LogP contribution is -2.07. The molecule has 0 spiro atoms. The van der Waals surface area contributed by atoms with E-state index in [-0.39, 0.29) is 6.10 Å². The van der Waals surface area contributed by atoms with E-state index in [4.69, 9.17) is 4.74 Å². The number of ether oxygens (including phenoxy) is 1. The van der Waals surface area contributed by atoms with Gasteiger partial charge in [0.25, 0.3) is 0 Å². The highest BCUT2D eigenvalue weighted by Gasteiger charge is 2.14. The van der Waals surface area contributed by atoms with Crippen molar-refractivity contribution < 1.29 is 9.53 Å². The number of hydrogen-bond acceptors (Lipinski definition) is 3. The van der Waals surface area contributed by atoms with E-state index in [1.54, 1.807) is 0 Å². The molecule has 106 valence electrons. The molecule has 0 amide bonds. The summed E-state index contributed by atoms with van der Waals surface area (Å²) in [6.45, 7) is 7.88. The van der Waals surface area contributed by atoms with E-state index in [1.165, 1.54) is 0 Å². The Balaban J connectivity index is 2.51. The summed E-state index contributed by atoms with van der Waals surface area (Å²) < 4.78 is 7.49. The van der Waals surface area contributed by atoms with Gasteiger partial charge < -0.3 is 4.74 Å². The monoisotopic (exact) mass is 272 g/mol. The van der Waals surface area contributed by atoms with E-state index >= 15 is 0 Å². The molecule has 4 heteroatoms. The molecule has 0 aliphatic heterocycles. The summed E-state index contributed by atoms with van der Waals surface area (Å²) in [5.41, 5.74) is 4.67. The van der Waals surface area contributed by atoms with Crippen molar-refractivity contribution in [2.75, 3.05) is 0 Å². The lowest BCUT2D eigenvalue weighted by molar-refractivity contribution is 0.111. The van der Waals surface area contributed by atoms with Crippen molar-refractivity contribution in [1.82, 2.24) is 9.78 Å². The molecule has 0 aliphatic carbocycles. The van der Waals surface area contributed by atoms with Gasteiger partial charge in [0, 0.05) is 18.3 Å². The molecule has 0 unspecified atom stereocenters. The van der Waals surface area contributed by atoms with Crippen molar-refractivity contribution >= 4 is 6.29 Å². The van der Waals surface area contributed by atoms with E-state index in [0.29, 0.717) is 11.3 Å². The normalized spacial score (nSPS) is 10.9. The first-order chi connectivity index (χ1) is 9.43. The van der Waals surface area contributed by atoms with Crippen LogP contribution in [0.2, 0.25) is 0 Å². The summed E-state index contributed by atoms with van der Waals surface area (Å²) in [5, 5.41) is 4.41. The molecule has 2 rings (SSSR count). The summed E-state index contributed by atoms with van der Waals surface area (Å²) in [4.78, 5) is 11.3. The highest BCUT2D eigenvalue weighted by atomic mass is 16.5. The van der Waals surface area contributed by atoms with Crippen LogP contribution >= 0.6 is 0 Å². The van der Waals surface area contributed by atoms with Gasteiger partial charge in [-0.2, -0.15) is 5.10 Å². The topological polar surface area (TPSA) is 44.1 Å². The van der Waals surface area contributed by atoms with Crippen molar-refractivity contribution in [3.63, 3.8) is 0 Å². The zero-order valence-electron chi connectivity index (χ0n) is 12.6. The van der Waals surface area contributed by atoms with Gasteiger partial charge in [-0.3, -0.25) is 9.48 Å². The van der Waals surface area contributed by atoms with Crippen LogP contribution in [0.25, 0.3) is 11.1 Å². The summed E-state index contributed by atoms with van der Waals surface area (Å²) in [5.74, 6) is 0.623. The quantitative estimate of drug-likeness (QED) is 0.802. The standard InChI is InChI=1S/C16H20N2O2/c1-10(2)20-15-7-6-13(8-14(15)9-19)16-11(3)17-18(5)12(16)4/h6-10H,1-5H3. The largest absolute Gasteiger partial charge is 0.490 e. The zero-order valence-corrected chi connectivity index (χ0v) is 12.6. The molecule has 20 heavy (non-hydrogen) atoms. The molecule has 0 aliphatic rings. The van der Waals surface area contributed by atoms with Crippen molar-refractivity contribution in [3.8, 4) is 16.9 Å². The van der Waals surface area contributed by atoms with Crippen molar-refractivity contribution in [2.24, 2.45) is 7.05 Å².